The summed E-state index contributed by atoms with van der Waals surface area (Å²) in [5.41, 5.74) is 2.52. The zero-order chi connectivity index (χ0) is 11.4. The largest absolute Gasteiger partial charge is 0.294 e. The Hall–Kier alpha value is -0.810. The first-order valence-corrected chi connectivity index (χ1v) is 6.20. The van der Waals surface area contributed by atoms with E-state index in [0.717, 1.165) is 6.42 Å². The van der Waals surface area contributed by atoms with Crippen molar-refractivity contribution in [2.45, 2.75) is 64.7 Å². The van der Waals surface area contributed by atoms with Crippen molar-refractivity contribution in [1.82, 2.24) is 0 Å². The number of carbonyl (C=O) groups excluding carboxylic acids is 1. The summed E-state index contributed by atoms with van der Waals surface area (Å²) in [5, 5.41) is 0. The Kier molecular flexibility index (Phi) is 10.7. The Morgan fingerprint density at radius 3 is 2.13 bits per heavy atom. The van der Waals surface area contributed by atoms with E-state index in [4.69, 9.17) is 0 Å². The monoisotopic (exact) mass is 208 g/mol. The molecule has 0 unspecified atom stereocenters. The summed E-state index contributed by atoms with van der Waals surface area (Å²) in [5.74, 6) is 0.163. The number of hydrogen-bond acceptors (Lipinski definition) is 1. The van der Waals surface area contributed by atoms with Crippen molar-refractivity contribution in [1.29, 1.82) is 0 Å². The first-order valence-electron chi connectivity index (χ1n) is 6.20. The second-order valence-electron chi connectivity index (χ2n) is 4.04. The molecule has 0 rings (SSSR count). The molecule has 0 aromatic heterocycles. The van der Waals surface area contributed by atoms with Crippen LogP contribution in [0.15, 0.2) is 18.4 Å². The number of ketones is 1. The smallest absolute Gasteiger partial charge is 0.163 e. The highest BCUT2D eigenvalue weighted by Crippen LogP contribution is 2.09. The first-order chi connectivity index (χ1) is 7.31. The van der Waals surface area contributed by atoms with Crippen LogP contribution >= 0.6 is 0 Å². The summed E-state index contributed by atoms with van der Waals surface area (Å²) < 4.78 is 0. The van der Waals surface area contributed by atoms with Gasteiger partial charge in [-0.25, -0.2) is 0 Å². The van der Waals surface area contributed by atoms with Gasteiger partial charge in [-0.15, -0.1) is 5.73 Å². The average molecular weight is 208 g/mol. The van der Waals surface area contributed by atoms with Crippen LogP contribution in [0.4, 0.5) is 0 Å². The zero-order valence-corrected chi connectivity index (χ0v) is 10.1. The van der Waals surface area contributed by atoms with Gasteiger partial charge in [-0.3, -0.25) is 4.79 Å². The molecular formula is C14H24O. The van der Waals surface area contributed by atoms with E-state index < -0.39 is 0 Å². The second-order valence-corrected chi connectivity index (χ2v) is 4.04. The molecule has 1 nitrogen and oxygen atoms in total. The molecule has 0 aromatic rings. The lowest BCUT2D eigenvalue weighted by molar-refractivity contribution is -0.114. The van der Waals surface area contributed by atoms with Gasteiger partial charge in [0.25, 0.3) is 0 Å². The zero-order valence-electron chi connectivity index (χ0n) is 10.1. The highest BCUT2D eigenvalue weighted by Gasteiger charge is 1.96. The standard InChI is InChI=1S/C14H24O/c1-3-5-6-7-8-9-10-11-13-14(15)12-4-2/h12H,2-3,5-11,13H2,1H3. The molecule has 0 atom stereocenters. The van der Waals surface area contributed by atoms with E-state index in [1.807, 2.05) is 0 Å². The van der Waals surface area contributed by atoms with Crippen LogP contribution in [0.2, 0.25) is 0 Å². The molecule has 86 valence electrons. The molecule has 0 bridgehead atoms. The van der Waals surface area contributed by atoms with Crippen LogP contribution in [-0.4, -0.2) is 5.78 Å². The minimum atomic E-state index is 0.163. The van der Waals surface area contributed by atoms with Crippen LogP contribution in [-0.2, 0) is 4.79 Å². The summed E-state index contributed by atoms with van der Waals surface area (Å²) in [6.45, 7) is 5.62. The van der Waals surface area contributed by atoms with Crippen molar-refractivity contribution >= 4 is 5.78 Å². The van der Waals surface area contributed by atoms with Gasteiger partial charge in [-0.2, -0.15) is 0 Å². The van der Waals surface area contributed by atoms with Crippen molar-refractivity contribution < 1.29 is 4.79 Å². The van der Waals surface area contributed by atoms with Crippen LogP contribution in [0.5, 0.6) is 0 Å². The maximum atomic E-state index is 11.1. The number of rotatable bonds is 10. The van der Waals surface area contributed by atoms with Crippen LogP contribution < -0.4 is 0 Å². The van der Waals surface area contributed by atoms with Crippen LogP contribution in [0, 0.1) is 0 Å². The highest BCUT2D eigenvalue weighted by atomic mass is 16.1. The van der Waals surface area contributed by atoms with E-state index in [0.29, 0.717) is 6.42 Å². The molecule has 0 aliphatic carbocycles. The van der Waals surface area contributed by atoms with Crippen LogP contribution in [0.1, 0.15) is 64.7 Å². The summed E-state index contributed by atoms with van der Waals surface area (Å²) >= 11 is 0. The first kappa shape index (κ1) is 14.2. The molecule has 0 N–H and O–H groups in total. The van der Waals surface area contributed by atoms with Gasteiger partial charge in [0.2, 0.25) is 0 Å². The minimum absolute atomic E-state index is 0.163. The maximum Gasteiger partial charge on any atom is 0.163 e. The fourth-order valence-corrected chi connectivity index (χ4v) is 1.62. The lowest BCUT2D eigenvalue weighted by Crippen LogP contribution is -1.91. The molecule has 0 heterocycles. The Morgan fingerprint density at radius 2 is 1.60 bits per heavy atom. The molecule has 0 saturated carbocycles. The van der Waals surface area contributed by atoms with Crippen molar-refractivity contribution in [3.63, 3.8) is 0 Å². The molecule has 0 saturated heterocycles. The molecule has 15 heavy (non-hydrogen) atoms. The van der Waals surface area contributed by atoms with Gasteiger partial charge in [-0.1, -0.05) is 58.4 Å². The van der Waals surface area contributed by atoms with Gasteiger partial charge >= 0.3 is 0 Å². The van der Waals surface area contributed by atoms with E-state index in [1.54, 1.807) is 0 Å². The molecule has 0 aromatic carbocycles. The molecule has 0 amide bonds. The molecule has 0 spiro atoms. The second kappa shape index (κ2) is 11.3. The van der Waals surface area contributed by atoms with E-state index in [9.17, 15) is 4.79 Å². The SMILES string of the molecule is C=C=CC(=O)CCCCCCCCCC. The van der Waals surface area contributed by atoms with Gasteiger partial charge < -0.3 is 0 Å². The number of allylic oxidation sites excluding steroid dienone is 1. The van der Waals surface area contributed by atoms with Gasteiger partial charge in [0.15, 0.2) is 5.78 Å². The normalized spacial score (nSPS) is 9.67. The number of carbonyl (C=O) groups is 1. The fourth-order valence-electron chi connectivity index (χ4n) is 1.62. The predicted molar refractivity (Wildman–Crippen MR) is 65.9 cm³/mol. The van der Waals surface area contributed by atoms with Crippen LogP contribution in [0.25, 0.3) is 0 Å². The fraction of sp³-hybridized carbons (Fsp3) is 0.714. The van der Waals surface area contributed by atoms with Gasteiger partial charge in [0.05, 0.1) is 0 Å². The summed E-state index contributed by atoms with van der Waals surface area (Å²) in [6, 6.07) is 0. The van der Waals surface area contributed by atoms with E-state index >= 15 is 0 Å². The third-order valence-electron chi connectivity index (χ3n) is 2.54. The van der Waals surface area contributed by atoms with Crippen molar-refractivity contribution in [3.05, 3.63) is 18.4 Å². The third kappa shape index (κ3) is 11.1. The Morgan fingerprint density at radius 1 is 1.07 bits per heavy atom. The maximum absolute atomic E-state index is 11.1. The van der Waals surface area contributed by atoms with E-state index in [1.165, 1.54) is 51.0 Å². The third-order valence-corrected chi connectivity index (χ3v) is 2.54. The quantitative estimate of drug-likeness (QED) is 0.295. The highest BCUT2D eigenvalue weighted by molar-refractivity contribution is 5.89. The van der Waals surface area contributed by atoms with Crippen LogP contribution in [0.3, 0.4) is 0 Å². The summed E-state index contributed by atoms with van der Waals surface area (Å²) in [4.78, 5) is 11.1. The Bertz CT molecular complexity index is 199. The molecular weight excluding hydrogens is 184 g/mol. The van der Waals surface area contributed by atoms with Gasteiger partial charge in [0, 0.05) is 12.5 Å². The Balaban J connectivity index is 3.11. The Labute approximate surface area is 94.3 Å². The summed E-state index contributed by atoms with van der Waals surface area (Å²) in [6.07, 6.45) is 12.3. The van der Waals surface area contributed by atoms with E-state index in [2.05, 4.69) is 19.2 Å². The molecule has 1 heteroatoms. The number of hydrogen-bond donors (Lipinski definition) is 0. The minimum Gasteiger partial charge on any atom is -0.294 e. The molecule has 0 aliphatic heterocycles. The molecule has 0 aliphatic rings. The molecule has 0 fully saturated rings. The van der Waals surface area contributed by atoms with Gasteiger partial charge in [0.1, 0.15) is 0 Å². The van der Waals surface area contributed by atoms with Crippen molar-refractivity contribution in [2.75, 3.05) is 0 Å². The lowest BCUT2D eigenvalue weighted by Gasteiger charge is -1.99. The van der Waals surface area contributed by atoms with E-state index in [-0.39, 0.29) is 5.78 Å². The van der Waals surface area contributed by atoms with Gasteiger partial charge in [-0.05, 0) is 6.42 Å². The van der Waals surface area contributed by atoms with Crippen molar-refractivity contribution in [3.8, 4) is 0 Å². The number of unbranched alkanes of at least 4 members (excludes halogenated alkanes) is 7. The molecule has 0 radical (unpaired) electrons. The average Bonchev–Trinajstić information content (AvgIpc) is 2.22. The summed E-state index contributed by atoms with van der Waals surface area (Å²) in [7, 11) is 0. The topological polar surface area (TPSA) is 17.1 Å². The lowest BCUT2D eigenvalue weighted by atomic mass is 10.1. The van der Waals surface area contributed by atoms with Crippen molar-refractivity contribution in [2.24, 2.45) is 0 Å². The predicted octanol–water partition coefficient (Wildman–Crippen LogP) is 4.43.